The number of hydrogen-bond acceptors (Lipinski definition) is 3. The van der Waals surface area contributed by atoms with Crippen LogP contribution in [0.2, 0.25) is 0 Å². The molecular formula is C15H22N2O3S. The molecule has 2 atom stereocenters. The number of urea groups is 1. The van der Waals surface area contributed by atoms with Crippen LogP contribution in [0.25, 0.3) is 0 Å². The fraction of sp³-hybridized carbons (Fsp3) is 0.600. The second kappa shape index (κ2) is 6.47. The summed E-state index contributed by atoms with van der Waals surface area (Å²) in [5.41, 5.74) is 0. The van der Waals surface area contributed by atoms with Crippen LogP contribution >= 0.6 is 11.3 Å². The summed E-state index contributed by atoms with van der Waals surface area (Å²) in [4.78, 5) is 28.0. The Morgan fingerprint density at radius 3 is 2.67 bits per heavy atom. The summed E-state index contributed by atoms with van der Waals surface area (Å²) in [7, 11) is 1.81. The number of carbonyl (C=O) groups is 2. The highest BCUT2D eigenvalue weighted by atomic mass is 32.1. The molecule has 116 valence electrons. The number of likely N-dealkylation sites (tertiary alicyclic amines) is 1. The van der Waals surface area contributed by atoms with Gasteiger partial charge in [-0.1, -0.05) is 13.0 Å². The van der Waals surface area contributed by atoms with Gasteiger partial charge in [0.05, 0.1) is 5.92 Å². The van der Waals surface area contributed by atoms with E-state index in [1.165, 1.54) is 4.88 Å². The van der Waals surface area contributed by atoms with Crippen LogP contribution in [0, 0.1) is 11.8 Å². The minimum Gasteiger partial charge on any atom is -0.481 e. The number of amides is 2. The van der Waals surface area contributed by atoms with Gasteiger partial charge in [-0.2, -0.15) is 0 Å². The molecule has 1 aromatic rings. The van der Waals surface area contributed by atoms with Crippen LogP contribution in [0.15, 0.2) is 17.5 Å². The van der Waals surface area contributed by atoms with Crippen molar-refractivity contribution in [1.82, 2.24) is 9.80 Å². The van der Waals surface area contributed by atoms with Crippen LogP contribution < -0.4 is 0 Å². The first-order chi connectivity index (χ1) is 9.90. The second-order valence-electron chi connectivity index (χ2n) is 5.82. The first-order valence-corrected chi connectivity index (χ1v) is 8.05. The normalized spacial score (nSPS) is 18.0. The summed E-state index contributed by atoms with van der Waals surface area (Å²) in [6, 6.07) is 4.22. The molecule has 0 bridgehead atoms. The third-order valence-corrected chi connectivity index (χ3v) is 5.22. The first kappa shape index (κ1) is 15.8. The van der Waals surface area contributed by atoms with E-state index in [0.29, 0.717) is 13.1 Å². The monoisotopic (exact) mass is 310 g/mol. The number of aliphatic carboxylic acids is 1. The molecule has 2 unspecified atom stereocenters. The van der Waals surface area contributed by atoms with Crippen molar-refractivity contribution >= 4 is 23.3 Å². The predicted octanol–water partition coefficient (Wildman–Crippen LogP) is 2.38. The summed E-state index contributed by atoms with van der Waals surface area (Å²) in [6.07, 6.45) is 0.850. The van der Waals surface area contributed by atoms with Gasteiger partial charge in [-0.3, -0.25) is 4.79 Å². The van der Waals surface area contributed by atoms with E-state index in [0.717, 1.165) is 6.42 Å². The molecule has 6 heteroatoms. The number of likely N-dealkylation sites (N-methyl/N-ethyl adjacent to an activating group) is 1. The zero-order valence-corrected chi connectivity index (χ0v) is 13.5. The van der Waals surface area contributed by atoms with Crippen molar-refractivity contribution in [3.63, 3.8) is 0 Å². The molecule has 0 aromatic carbocycles. The number of nitrogens with zero attached hydrogens (tertiary/aromatic N) is 2. The fourth-order valence-electron chi connectivity index (χ4n) is 2.46. The van der Waals surface area contributed by atoms with Gasteiger partial charge in [0.25, 0.3) is 0 Å². The van der Waals surface area contributed by atoms with Gasteiger partial charge >= 0.3 is 12.0 Å². The molecule has 0 saturated carbocycles. The topological polar surface area (TPSA) is 60.9 Å². The third kappa shape index (κ3) is 3.56. The molecule has 2 amide bonds. The number of carboxylic acids is 1. The number of thiophene rings is 1. The number of rotatable bonds is 5. The highest BCUT2D eigenvalue weighted by molar-refractivity contribution is 7.09. The maximum Gasteiger partial charge on any atom is 0.320 e. The van der Waals surface area contributed by atoms with Crippen LogP contribution in [0.4, 0.5) is 4.79 Å². The Balaban J connectivity index is 1.82. The molecule has 2 rings (SSSR count). The van der Waals surface area contributed by atoms with E-state index in [1.54, 1.807) is 28.1 Å². The molecule has 5 nitrogen and oxygen atoms in total. The fourth-order valence-corrected chi connectivity index (χ4v) is 3.28. The summed E-state index contributed by atoms with van der Waals surface area (Å²) in [5, 5.41) is 11.0. The summed E-state index contributed by atoms with van der Waals surface area (Å²) in [6.45, 7) is 4.83. The van der Waals surface area contributed by atoms with Crippen molar-refractivity contribution in [2.75, 3.05) is 20.1 Å². The Bertz CT molecular complexity index is 497. The molecular weight excluding hydrogens is 288 g/mol. The predicted molar refractivity (Wildman–Crippen MR) is 82.5 cm³/mol. The van der Waals surface area contributed by atoms with Gasteiger partial charge in [0.15, 0.2) is 0 Å². The average molecular weight is 310 g/mol. The maximum atomic E-state index is 12.3. The smallest absolute Gasteiger partial charge is 0.320 e. The Hall–Kier alpha value is -1.56. The second-order valence-corrected chi connectivity index (χ2v) is 6.85. The van der Waals surface area contributed by atoms with Crippen molar-refractivity contribution in [2.24, 2.45) is 11.8 Å². The molecule has 2 heterocycles. The number of carboxylic acid groups (broad SMARTS) is 1. The Labute approximate surface area is 129 Å². The Kier molecular flexibility index (Phi) is 4.88. The third-order valence-electron chi connectivity index (χ3n) is 4.32. The summed E-state index contributed by atoms with van der Waals surface area (Å²) < 4.78 is 0. The summed E-state index contributed by atoms with van der Waals surface area (Å²) >= 11 is 1.70. The molecule has 1 aliphatic rings. The van der Waals surface area contributed by atoms with Crippen LogP contribution in [-0.2, 0) is 11.2 Å². The van der Waals surface area contributed by atoms with Crippen LogP contribution in [0.5, 0.6) is 0 Å². The van der Waals surface area contributed by atoms with E-state index in [1.807, 2.05) is 25.4 Å². The van der Waals surface area contributed by atoms with Gasteiger partial charge < -0.3 is 14.9 Å². The van der Waals surface area contributed by atoms with E-state index in [2.05, 4.69) is 6.07 Å². The van der Waals surface area contributed by atoms with Crippen molar-refractivity contribution in [3.05, 3.63) is 22.4 Å². The molecule has 0 radical (unpaired) electrons. The van der Waals surface area contributed by atoms with Crippen LogP contribution in [-0.4, -0.2) is 53.1 Å². The minimum atomic E-state index is -0.786. The highest BCUT2D eigenvalue weighted by Gasteiger charge is 2.38. The van der Waals surface area contributed by atoms with Gasteiger partial charge in [0.2, 0.25) is 0 Å². The molecule has 1 aromatic heterocycles. The zero-order valence-electron chi connectivity index (χ0n) is 12.7. The molecule has 0 spiro atoms. The quantitative estimate of drug-likeness (QED) is 0.908. The lowest BCUT2D eigenvalue weighted by molar-refractivity contribution is -0.144. The van der Waals surface area contributed by atoms with Gasteiger partial charge in [0.1, 0.15) is 0 Å². The Morgan fingerprint density at radius 1 is 1.48 bits per heavy atom. The van der Waals surface area contributed by atoms with Crippen molar-refractivity contribution in [3.8, 4) is 0 Å². The Morgan fingerprint density at radius 2 is 2.14 bits per heavy atom. The van der Waals surface area contributed by atoms with Crippen molar-refractivity contribution in [1.29, 1.82) is 0 Å². The zero-order chi connectivity index (χ0) is 15.6. The summed E-state index contributed by atoms with van der Waals surface area (Å²) in [5.74, 6) is -1.10. The van der Waals surface area contributed by atoms with Crippen molar-refractivity contribution in [2.45, 2.75) is 26.3 Å². The lowest BCUT2D eigenvalue weighted by Crippen LogP contribution is -2.58. The molecule has 21 heavy (non-hydrogen) atoms. The van der Waals surface area contributed by atoms with Gasteiger partial charge in [-0.05, 0) is 18.4 Å². The van der Waals surface area contributed by atoms with Crippen molar-refractivity contribution < 1.29 is 14.7 Å². The maximum absolute atomic E-state index is 12.3. The van der Waals surface area contributed by atoms with Gasteiger partial charge in [0, 0.05) is 43.4 Å². The molecule has 1 fully saturated rings. The van der Waals surface area contributed by atoms with E-state index < -0.39 is 5.97 Å². The van der Waals surface area contributed by atoms with Crippen LogP contribution in [0.1, 0.15) is 18.7 Å². The number of carbonyl (C=O) groups excluding carboxylic acids is 1. The lowest BCUT2D eigenvalue weighted by Gasteiger charge is -2.43. The first-order valence-electron chi connectivity index (χ1n) is 7.17. The van der Waals surface area contributed by atoms with Gasteiger partial charge in [-0.25, -0.2) is 4.79 Å². The van der Waals surface area contributed by atoms with E-state index in [4.69, 9.17) is 5.11 Å². The van der Waals surface area contributed by atoms with Crippen LogP contribution in [0.3, 0.4) is 0 Å². The largest absolute Gasteiger partial charge is 0.481 e. The highest BCUT2D eigenvalue weighted by Crippen LogP contribution is 2.25. The van der Waals surface area contributed by atoms with E-state index >= 15 is 0 Å². The molecule has 1 aliphatic heterocycles. The molecule has 0 aliphatic carbocycles. The van der Waals surface area contributed by atoms with E-state index in [9.17, 15) is 9.59 Å². The molecule has 1 N–H and O–H groups in total. The minimum absolute atomic E-state index is 0.00658. The average Bonchev–Trinajstić information content (AvgIpc) is 2.88. The lowest BCUT2D eigenvalue weighted by atomic mass is 9.87. The van der Waals surface area contributed by atoms with E-state index in [-0.39, 0.29) is 23.9 Å². The molecule has 1 saturated heterocycles. The van der Waals surface area contributed by atoms with Gasteiger partial charge in [-0.15, -0.1) is 11.3 Å². The SMILES string of the molecule is CC(C(=O)O)C1CN(C(=O)N(C)C(C)Cc2cccs2)C1. The standard InChI is InChI=1S/C15H22N2O3S/c1-10(7-13-5-4-6-21-13)16(3)15(20)17-8-12(9-17)11(2)14(18)19/h4-6,10-12H,7-9H2,1-3H3,(H,18,19). The number of hydrogen-bond donors (Lipinski definition) is 1.